The fourth-order valence-electron chi connectivity index (χ4n) is 1.52. The molecule has 0 aliphatic heterocycles. The summed E-state index contributed by atoms with van der Waals surface area (Å²) in [6.45, 7) is 0. The van der Waals surface area contributed by atoms with Crippen molar-refractivity contribution in [1.29, 1.82) is 0 Å². The summed E-state index contributed by atoms with van der Waals surface area (Å²) in [5, 5.41) is 0. The Labute approximate surface area is 104 Å². The zero-order chi connectivity index (χ0) is 13.1. The SMILES string of the molecule is CN(C(=O)c1ccc(F)cn1)c1cccc(N)c1. The maximum Gasteiger partial charge on any atom is 0.276 e. The second kappa shape index (κ2) is 4.83. The van der Waals surface area contributed by atoms with Gasteiger partial charge in [-0.15, -0.1) is 0 Å². The lowest BCUT2D eigenvalue weighted by Gasteiger charge is -2.17. The summed E-state index contributed by atoms with van der Waals surface area (Å²) < 4.78 is 12.7. The topological polar surface area (TPSA) is 59.2 Å². The number of nitrogens with two attached hydrogens (primary N) is 1. The van der Waals surface area contributed by atoms with E-state index in [1.807, 2.05) is 0 Å². The number of benzene rings is 1. The van der Waals surface area contributed by atoms with Crippen LogP contribution < -0.4 is 10.6 Å². The van der Waals surface area contributed by atoms with Gasteiger partial charge in [-0.3, -0.25) is 4.79 Å². The Hall–Kier alpha value is -2.43. The third-order valence-corrected chi connectivity index (χ3v) is 2.51. The lowest BCUT2D eigenvalue weighted by Crippen LogP contribution is -2.27. The van der Waals surface area contributed by atoms with Crippen LogP contribution in [0.15, 0.2) is 42.6 Å². The van der Waals surface area contributed by atoms with E-state index >= 15 is 0 Å². The summed E-state index contributed by atoms with van der Waals surface area (Å²) in [5.41, 5.74) is 7.06. The molecule has 0 aliphatic carbocycles. The number of carbonyl (C=O) groups excluding carboxylic acids is 1. The highest BCUT2D eigenvalue weighted by Crippen LogP contribution is 2.17. The molecule has 2 rings (SSSR count). The van der Waals surface area contributed by atoms with Crippen LogP contribution >= 0.6 is 0 Å². The Morgan fingerprint density at radius 3 is 2.72 bits per heavy atom. The van der Waals surface area contributed by atoms with Crippen LogP contribution in [0.25, 0.3) is 0 Å². The largest absolute Gasteiger partial charge is 0.399 e. The van der Waals surface area contributed by atoms with E-state index in [1.54, 1.807) is 31.3 Å². The van der Waals surface area contributed by atoms with Gasteiger partial charge in [0.05, 0.1) is 6.20 Å². The van der Waals surface area contributed by atoms with E-state index in [9.17, 15) is 9.18 Å². The Kier molecular flexibility index (Phi) is 3.23. The van der Waals surface area contributed by atoms with Crippen LogP contribution in [0.4, 0.5) is 15.8 Å². The number of hydrogen-bond acceptors (Lipinski definition) is 3. The fraction of sp³-hybridized carbons (Fsp3) is 0.0769. The number of rotatable bonds is 2. The molecule has 0 radical (unpaired) electrons. The van der Waals surface area contributed by atoms with E-state index in [1.165, 1.54) is 17.0 Å². The van der Waals surface area contributed by atoms with E-state index in [0.29, 0.717) is 11.4 Å². The number of halogens is 1. The van der Waals surface area contributed by atoms with Crippen LogP contribution in [0.5, 0.6) is 0 Å². The summed E-state index contributed by atoms with van der Waals surface area (Å²) in [6, 6.07) is 9.48. The highest BCUT2D eigenvalue weighted by Gasteiger charge is 2.14. The number of nitrogen functional groups attached to an aromatic ring is 1. The number of carbonyl (C=O) groups is 1. The molecule has 0 bridgehead atoms. The third kappa shape index (κ3) is 2.45. The number of nitrogens with zero attached hydrogens (tertiary/aromatic N) is 2. The third-order valence-electron chi connectivity index (χ3n) is 2.51. The van der Waals surface area contributed by atoms with Crippen molar-refractivity contribution >= 4 is 17.3 Å². The second-order valence-corrected chi connectivity index (χ2v) is 3.82. The number of aromatic nitrogens is 1. The minimum Gasteiger partial charge on any atom is -0.399 e. The molecule has 18 heavy (non-hydrogen) atoms. The maximum atomic E-state index is 12.7. The van der Waals surface area contributed by atoms with Crippen LogP contribution in [0.2, 0.25) is 0 Å². The van der Waals surface area contributed by atoms with E-state index in [0.717, 1.165) is 6.20 Å². The lowest BCUT2D eigenvalue weighted by molar-refractivity contribution is 0.0988. The second-order valence-electron chi connectivity index (χ2n) is 3.82. The smallest absolute Gasteiger partial charge is 0.276 e. The Morgan fingerprint density at radius 2 is 2.11 bits per heavy atom. The maximum absolute atomic E-state index is 12.7. The Morgan fingerprint density at radius 1 is 1.33 bits per heavy atom. The van der Waals surface area contributed by atoms with Gasteiger partial charge in [0, 0.05) is 18.4 Å². The molecule has 5 heteroatoms. The first-order valence-electron chi connectivity index (χ1n) is 5.33. The van der Waals surface area contributed by atoms with Gasteiger partial charge in [-0.1, -0.05) is 6.07 Å². The molecule has 1 amide bonds. The average Bonchev–Trinajstić information content (AvgIpc) is 2.38. The normalized spacial score (nSPS) is 10.1. The molecule has 1 aromatic heterocycles. The molecule has 0 unspecified atom stereocenters. The number of anilines is 2. The first-order chi connectivity index (χ1) is 8.58. The van der Waals surface area contributed by atoms with Crippen molar-refractivity contribution in [3.8, 4) is 0 Å². The fourth-order valence-corrected chi connectivity index (χ4v) is 1.52. The van der Waals surface area contributed by atoms with Gasteiger partial charge in [-0.25, -0.2) is 9.37 Å². The van der Waals surface area contributed by atoms with Gasteiger partial charge in [0.1, 0.15) is 11.5 Å². The van der Waals surface area contributed by atoms with Gasteiger partial charge in [0.25, 0.3) is 5.91 Å². The molecule has 0 spiro atoms. The summed E-state index contributed by atoms with van der Waals surface area (Å²) in [6.07, 6.45) is 1.01. The zero-order valence-electron chi connectivity index (χ0n) is 9.80. The van der Waals surface area contributed by atoms with E-state index in [4.69, 9.17) is 5.73 Å². The molecule has 0 aliphatic rings. The molecular weight excluding hydrogens is 233 g/mol. The molecule has 1 heterocycles. The molecular formula is C13H12FN3O. The quantitative estimate of drug-likeness (QED) is 0.824. The summed E-state index contributed by atoms with van der Waals surface area (Å²) >= 11 is 0. The molecule has 0 saturated heterocycles. The van der Waals surface area contributed by atoms with Crippen molar-refractivity contribution in [3.63, 3.8) is 0 Å². The van der Waals surface area contributed by atoms with Crippen LogP contribution in [0, 0.1) is 5.82 Å². The summed E-state index contributed by atoms with van der Waals surface area (Å²) in [5.74, 6) is -0.793. The molecule has 92 valence electrons. The summed E-state index contributed by atoms with van der Waals surface area (Å²) in [4.78, 5) is 17.2. The van der Waals surface area contributed by atoms with E-state index in [-0.39, 0.29) is 11.6 Å². The van der Waals surface area contributed by atoms with Crippen molar-refractivity contribution < 1.29 is 9.18 Å². The van der Waals surface area contributed by atoms with Gasteiger partial charge in [0.2, 0.25) is 0 Å². The molecule has 0 atom stereocenters. The first kappa shape index (κ1) is 12.0. The minimum absolute atomic E-state index is 0.182. The standard InChI is InChI=1S/C13H12FN3O/c1-17(11-4-2-3-10(15)7-11)13(18)12-6-5-9(14)8-16-12/h2-8H,15H2,1H3. The van der Waals surface area contributed by atoms with Gasteiger partial charge >= 0.3 is 0 Å². The van der Waals surface area contributed by atoms with Gasteiger partial charge < -0.3 is 10.6 Å². The van der Waals surface area contributed by atoms with Crippen LogP contribution in [0.3, 0.4) is 0 Å². The molecule has 2 N–H and O–H groups in total. The van der Waals surface area contributed by atoms with Gasteiger partial charge in [-0.05, 0) is 30.3 Å². The van der Waals surface area contributed by atoms with Crippen LogP contribution in [0.1, 0.15) is 10.5 Å². The lowest BCUT2D eigenvalue weighted by atomic mass is 10.2. The number of amides is 1. The van der Waals surface area contributed by atoms with Gasteiger partial charge in [0.15, 0.2) is 0 Å². The molecule has 0 fully saturated rings. The van der Waals surface area contributed by atoms with Crippen LogP contribution in [-0.2, 0) is 0 Å². The molecule has 2 aromatic rings. The van der Waals surface area contributed by atoms with Gasteiger partial charge in [-0.2, -0.15) is 0 Å². The van der Waals surface area contributed by atoms with Crippen molar-refractivity contribution in [3.05, 3.63) is 54.1 Å². The zero-order valence-corrected chi connectivity index (χ0v) is 9.80. The number of pyridine rings is 1. The summed E-state index contributed by atoms with van der Waals surface area (Å²) in [7, 11) is 1.61. The first-order valence-corrected chi connectivity index (χ1v) is 5.33. The number of hydrogen-bond donors (Lipinski definition) is 1. The highest BCUT2D eigenvalue weighted by molar-refractivity contribution is 6.04. The van der Waals surface area contributed by atoms with Crippen molar-refractivity contribution in [2.75, 3.05) is 17.7 Å². The van der Waals surface area contributed by atoms with Crippen LogP contribution in [-0.4, -0.2) is 17.9 Å². The van der Waals surface area contributed by atoms with Crippen molar-refractivity contribution in [2.45, 2.75) is 0 Å². The molecule has 1 aromatic carbocycles. The average molecular weight is 245 g/mol. The Bertz CT molecular complexity index is 569. The predicted octanol–water partition coefficient (Wildman–Crippen LogP) is 2.08. The molecule has 0 saturated carbocycles. The van der Waals surface area contributed by atoms with Crippen molar-refractivity contribution in [1.82, 2.24) is 4.98 Å². The minimum atomic E-state index is -0.474. The monoisotopic (exact) mass is 245 g/mol. The van der Waals surface area contributed by atoms with E-state index < -0.39 is 5.82 Å². The predicted molar refractivity (Wildman–Crippen MR) is 67.8 cm³/mol. The Balaban J connectivity index is 2.26. The van der Waals surface area contributed by atoms with E-state index in [2.05, 4.69) is 4.98 Å². The van der Waals surface area contributed by atoms with Crippen molar-refractivity contribution in [2.24, 2.45) is 0 Å². The highest BCUT2D eigenvalue weighted by atomic mass is 19.1. The molecule has 4 nitrogen and oxygen atoms in total.